The minimum atomic E-state index is -6.07. The van der Waals surface area contributed by atoms with Gasteiger partial charge in [-0.1, -0.05) is 0 Å². The van der Waals surface area contributed by atoms with Crippen molar-refractivity contribution in [3.05, 3.63) is 0 Å². The summed E-state index contributed by atoms with van der Waals surface area (Å²) in [5.74, 6) is -8.27. The van der Waals surface area contributed by atoms with Gasteiger partial charge in [0.2, 0.25) is 0 Å². The summed E-state index contributed by atoms with van der Waals surface area (Å²) in [5, 5.41) is 1.09. The molecule has 0 heterocycles. The number of carbonyl (C=O) groups is 1. The highest BCUT2D eigenvalue weighted by molar-refractivity contribution is 5.84. The molecular formula is C7H7F8NO. The quantitative estimate of drug-likeness (QED) is 0.619. The minimum Gasteiger partial charge on any atom is -0.351 e. The Labute approximate surface area is 90.0 Å². The first kappa shape index (κ1) is 15.9. The summed E-state index contributed by atoms with van der Waals surface area (Å²) in [7, 11) is 0. The molecule has 0 saturated heterocycles. The van der Waals surface area contributed by atoms with E-state index in [9.17, 15) is 39.9 Å². The molecule has 17 heavy (non-hydrogen) atoms. The predicted molar refractivity (Wildman–Crippen MR) is 39.3 cm³/mol. The molecule has 0 atom stereocenters. The van der Waals surface area contributed by atoms with Gasteiger partial charge >= 0.3 is 18.3 Å². The zero-order valence-corrected chi connectivity index (χ0v) is 8.05. The molecule has 102 valence electrons. The lowest BCUT2D eigenvalue weighted by atomic mass is 10.2. The van der Waals surface area contributed by atoms with Crippen molar-refractivity contribution in [2.45, 2.75) is 31.1 Å². The van der Waals surface area contributed by atoms with Gasteiger partial charge in [0, 0.05) is 13.0 Å². The van der Waals surface area contributed by atoms with Crippen LogP contribution < -0.4 is 5.32 Å². The van der Waals surface area contributed by atoms with Crippen LogP contribution >= 0.6 is 0 Å². The Kier molecular flexibility index (Phi) is 4.72. The third-order valence-electron chi connectivity index (χ3n) is 1.56. The first-order valence-electron chi connectivity index (χ1n) is 4.17. The molecule has 1 amide bonds. The van der Waals surface area contributed by atoms with E-state index in [4.69, 9.17) is 0 Å². The average molecular weight is 273 g/mol. The number of hydrogen-bond acceptors (Lipinski definition) is 1. The molecule has 2 nitrogen and oxygen atoms in total. The lowest BCUT2D eigenvalue weighted by Gasteiger charge is -2.18. The SMILES string of the molecule is O=C(NCCCC(F)(F)F)C(F)(F)C(F)(F)F. The number of hydrogen-bond donors (Lipinski definition) is 1. The van der Waals surface area contributed by atoms with Crippen LogP contribution in [0.1, 0.15) is 12.8 Å². The first-order chi connectivity index (χ1) is 7.38. The van der Waals surface area contributed by atoms with Gasteiger partial charge in [0.1, 0.15) is 0 Å². The zero-order valence-electron chi connectivity index (χ0n) is 8.05. The van der Waals surface area contributed by atoms with Crippen molar-refractivity contribution in [1.82, 2.24) is 5.32 Å². The van der Waals surface area contributed by atoms with Gasteiger partial charge in [0.25, 0.3) is 5.91 Å². The molecule has 0 spiro atoms. The van der Waals surface area contributed by atoms with Crippen LogP contribution in [0.5, 0.6) is 0 Å². The Balaban J connectivity index is 4.12. The van der Waals surface area contributed by atoms with Gasteiger partial charge in [-0.2, -0.15) is 35.1 Å². The molecule has 0 aromatic carbocycles. The average Bonchev–Trinajstić information content (AvgIpc) is 2.08. The summed E-state index contributed by atoms with van der Waals surface area (Å²) in [6.45, 7) is -0.913. The van der Waals surface area contributed by atoms with E-state index in [2.05, 4.69) is 0 Å². The predicted octanol–water partition coefficient (Wildman–Crippen LogP) is 2.64. The Morgan fingerprint density at radius 1 is 0.941 bits per heavy atom. The molecule has 0 aliphatic heterocycles. The monoisotopic (exact) mass is 273 g/mol. The molecule has 0 aliphatic rings. The summed E-state index contributed by atoms with van der Waals surface area (Å²) >= 11 is 0. The van der Waals surface area contributed by atoms with Gasteiger partial charge in [-0.3, -0.25) is 4.79 Å². The maximum Gasteiger partial charge on any atom is 0.463 e. The molecule has 0 saturated carbocycles. The van der Waals surface area contributed by atoms with E-state index < -0.39 is 43.6 Å². The van der Waals surface area contributed by atoms with Crippen LogP contribution in [0.4, 0.5) is 35.1 Å². The number of rotatable bonds is 4. The highest BCUT2D eigenvalue weighted by Gasteiger charge is 2.63. The van der Waals surface area contributed by atoms with Crippen molar-refractivity contribution in [3.8, 4) is 0 Å². The fraction of sp³-hybridized carbons (Fsp3) is 0.857. The highest BCUT2D eigenvalue weighted by Crippen LogP contribution is 2.35. The molecule has 0 aliphatic carbocycles. The lowest BCUT2D eigenvalue weighted by Crippen LogP contribution is -2.50. The van der Waals surface area contributed by atoms with E-state index in [1.54, 1.807) is 0 Å². The Morgan fingerprint density at radius 3 is 1.76 bits per heavy atom. The molecule has 0 fully saturated rings. The second-order valence-corrected chi connectivity index (χ2v) is 3.05. The molecule has 0 rings (SSSR count). The summed E-state index contributed by atoms with van der Waals surface area (Å²) in [5.41, 5.74) is 0. The van der Waals surface area contributed by atoms with Gasteiger partial charge in [0.15, 0.2) is 0 Å². The van der Waals surface area contributed by atoms with Crippen molar-refractivity contribution in [2.24, 2.45) is 0 Å². The first-order valence-corrected chi connectivity index (χ1v) is 4.17. The number of amides is 1. The third-order valence-corrected chi connectivity index (χ3v) is 1.56. The van der Waals surface area contributed by atoms with Crippen molar-refractivity contribution in [3.63, 3.8) is 0 Å². The van der Waals surface area contributed by atoms with Crippen LogP contribution in [0.3, 0.4) is 0 Å². The molecule has 0 aromatic heterocycles. The second-order valence-electron chi connectivity index (χ2n) is 3.05. The minimum absolute atomic E-state index is 0.775. The molecule has 0 aromatic rings. The molecule has 0 bridgehead atoms. The fourth-order valence-corrected chi connectivity index (χ4v) is 0.730. The smallest absolute Gasteiger partial charge is 0.351 e. The van der Waals surface area contributed by atoms with Crippen LogP contribution in [-0.2, 0) is 4.79 Å². The van der Waals surface area contributed by atoms with Crippen LogP contribution in [0.25, 0.3) is 0 Å². The second kappa shape index (κ2) is 5.05. The number of carbonyl (C=O) groups excluding carboxylic acids is 1. The van der Waals surface area contributed by atoms with Gasteiger partial charge in [0.05, 0.1) is 0 Å². The van der Waals surface area contributed by atoms with E-state index in [-0.39, 0.29) is 0 Å². The van der Waals surface area contributed by atoms with Crippen LogP contribution in [0, 0.1) is 0 Å². The van der Waals surface area contributed by atoms with Gasteiger partial charge in [-0.05, 0) is 6.42 Å². The molecule has 0 radical (unpaired) electrons. The summed E-state index contributed by atoms with van der Waals surface area (Å²) in [4.78, 5) is 10.4. The summed E-state index contributed by atoms with van der Waals surface area (Å²) in [6.07, 6.45) is -12.8. The molecular weight excluding hydrogens is 266 g/mol. The lowest BCUT2D eigenvalue weighted by molar-refractivity contribution is -0.269. The molecule has 1 N–H and O–H groups in total. The summed E-state index contributed by atoms with van der Waals surface area (Å²) < 4.78 is 93.9. The van der Waals surface area contributed by atoms with Crippen LogP contribution in [-0.4, -0.2) is 30.7 Å². The number of alkyl halides is 8. The van der Waals surface area contributed by atoms with Gasteiger partial charge in [-0.15, -0.1) is 0 Å². The largest absolute Gasteiger partial charge is 0.463 e. The number of halogens is 8. The van der Waals surface area contributed by atoms with Crippen molar-refractivity contribution >= 4 is 5.91 Å². The number of nitrogens with one attached hydrogen (secondary N) is 1. The normalized spacial score (nSPS) is 13.6. The maximum atomic E-state index is 12.2. The molecule has 10 heteroatoms. The van der Waals surface area contributed by atoms with Crippen LogP contribution in [0.15, 0.2) is 0 Å². The standard InChI is InChI=1S/C7H7F8NO/c8-5(9,10)2-1-3-16-4(17)6(11,12)7(13,14)15/h1-3H2,(H,16,17). The maximum absolute atomic E-state index is 12.2. The Morgan fingerprint density at radius 2 is 1.41 bits per heavy atom. The van der Waals surface area contributed by atoms with Gasteiger partial charge in [-0.25, -0.2) is 0 Å². The van der Waals surface area contributed by atoms with Crippen LogP contribution in [0.2, 0.25) is 0 Å². The molecule has 0 unspecified atom stereocenters. The van der Waals surface area contributed by atoms with E-state index in [0.717, 1.165) is 5.32 Å². The van der Waals surface area contributed by atoms with E-state index in [1.165, 1.54) is 0 Å². The Hall–Kier alpha value is -1.09. The van der Waals surface area contributed by atoms with Gasteiger partial charge < -0.3 is 5.32 Å². The van der Waals surface area contributed by atoms with E-state index >= 15 is 0 Å². The fourth-order valence-electron chi connectivity index (χ4n) is 0.730. The topological polar surface area (TPSA) is 29.1 Å². The zero-order chi connectivity index (χ0) is 13.9. The van der Waals surface area contributed by atoms with Crippen molar-refractivity contribution in [2.75, 3.05) is 6.54 Å². The van der Waals surface area contributed by atoms with Crippen molar-refractivity contribution < 1.29 is 39.9 Å². The third kappa shape index (κ3) is 5.18. The van der Waals surface area contributed by atoms with E-state index in [0.29, 0.717) is 0 Å². The van der Waals surface area contributed by atoms with Crippen molar-refractivity contribution in [1.29, 1.82) is 0 Å². The van der Waals surface area contributed by atoms with E-state index in [1.807, 2.05) is 0 Å². The highest BCUT2D eigenvalue weighted by atomic mass is 19.4. The summed E-state index contributed by atoms with van der Waals surface area (Å²) in [6, 6.07) is 0. The Bertz CT molecular complexity index is 268.